The quantitative estimate of drug-likeness (QED) is 0.552. The van der Waals surface area contributed by atoms with Crippen molar-refractivity contribution < 1.29 is 0 Å². The van der Waals surface area contributed by atoms with Crippen LogP contribution in [0.2, 0.25) is 0 Å². The van der Waals surface area contributed by atoms with Gasteiger partial charge >= 0.3 is 0 Å². The highest BCUT2D eigenvalue weighted by molar-refractivity contribution is 7.27. The molecule has 11 heavy (non-hydrogen) atoms. The number of fused-ring (bicyclic) bond motifs is 1. The summed E-state index contributed by atoms with van der Waals surface area (Å²) in [5.74, 6) is 0.459. The summed E-state index contributed by atoms with van der Waals surface area (Å²) in [7, 11) is 2.57. The molecule has 56 valence electrons. The summed E-state index contributed by atoms with van der Waals surface area (Å²) < 4.78 is 1.87. The number of imidazole rings is 1. The molecule has 2 N–H and O–H groups in total. The Kier molecular flexibility index (Phi) is 1.29. The van der Waals surface area contributed by atoms with Gasteiger partial charge in [-0.2, -0.15) is 0 Å². The summed E-state index contributed by atoms with van der Waals surface area (Å²) in [6, 6.07) is 0. The summed E-state index contributed by atoms with van der Waals surface area (Å²) in [4.78, 5) is 7.98. The molecule has 0 spiro atoms. The predicted octanol–water partition coefficient (Wildman–Crippen LogP) is -0.188. The summed E-state index contributed by atoms with van der Waals surface area (Å²) in [6.07, 6.45) is 5.20. The minimum atomic E-state index is 0.459. The van der Waals surface area contributed by atoms with Crippen LogP contribution >= 0.6 is 9.24 Å². The molecule has 0 saturated heterocycles. The Bertz CT molecular complexity index is 394. The summed E-state index contributed by atoms with van der Waals surface area (Å²) in [5, 5.41) is 0. The second kappa shape index (κ2) is 2.17. The number of anilines is 1. The molecule has 0 amide bonds. The third kappa shape index (κ3) is 0.870. The van der Waals surface area contributed by atoms with Crippen molar-refractivity contribution in [2.24, 2.45) is 0 Å². The third-order valence-corrected chi connectivity index (χ3v) is 1.91. The Balaban J connectivity index is 2.94. The number of aromatic nitrogens is 3. The Morgan fingerprint density at radius 2 is 2.27 bits per heavy atom. The molecule has 0 bridgehead atoms. The number of hydrogen-bond acceptors (Lipinski definition) is 3. The fraction of sp³-hybridized carbons (Fsp3) is 0. The normalized spacial score (nSPS) is 10.6. The molecular formula is C6H7N4P. The van der Waals surface area contributed by atoms with Gasteiger partial charge in [-0.15, -0.1) is 0 Å². The van der Waals surface area contributed by atoms with Gasteiger partial charge < -0.3 is 5.73 Å². The van der Waals surface area contributed by atoms with E-state index in [0.717, 1.165) is 5.44 Å². The summed E-state index contributed by atoms with van der Waals surface area (Å²) in [5.41, 5.74) is 7.25. The lowest BCUT2D eigenvalue weighted by atomic mass is 10.6. The maximum absolute atomic E-state index is 5.57. The molecule has 0 aromatic carbocycles. The highest BCUT2D eigenvalue weighted by Gasteiger charge is 2.00. The van der Waals surface area contributed by atoms with Crippen molar-refractivity contribution in [3.05, 3.63) is 18.6 Å². The van der Waals surface area contributed by atoms with Gasteiger partial charge in [0.2, 0.25) is 0 Å². The van der Waals surface area contributed by atoms with Gasteiger partial charge in [0.1, 0.15) is 0 Å². The molecule has 2 aromatic heterocycles. The zero-order valence-electron chi connectivity index (χ0n) is 5.73. The summed E-state index contributed by atoms with van der Waals surface area (Å²) in [6.45, 7) is 0. The van der Waals surface area contributed by atoms with E-state index in [1.54, 1.807) is 12.4 Å². The first-order chi connectivity index (χ1) is 5.29. The molecule has 1 unspecified atom stereocenters. The van der Waals surface area contributed by atoms with Gasteiger partial charge in [0, 0.05) is 12.4 Å². The van der Waals surface area contributed by atoms with Gasteiger partial charge in [-0.1, -0.05) is 9.24 Å². The smallest absolute Gasteiger partial charge is 0.180 e. The first-order valence-corrected chi connectivity index (χ1v) is 3.70. The van der Waals surface area contributed by atoms with Crippen LogP contribution < -0.4 is 11.2 Å². The van der Waals surface area contributed by atoms with Crippen LogP contribution in [0.25, 0.3) is 5.65 Å². The number of nitrogen functional groups attached to an aromatic ring is 1. The molecule has 2 heterocycles. The molecule has 0 fully saturated rings. The van der Waals surface area contributed by atoms with Crippen LogP contribution in [0.1, 0.15) is 0 Å². The maximum atomic E-state index is 5.57. The Labute approximate surface area is 65.7 Å². The van der Waals surface area contributed by atoms with E-state index in [1.165, 1.54) is 0 Å². The molecule has 2 rings (SSSR count). The highest BCUT2D eigenvalue weighted by atomic mass is 31.0. The van der Waals surface area contributed by atoms with E-state index in [0.29, 0.717) is 11.5 Å². The van der Waals surface area contributed by atoms with Crippen LogP contribution in [0.15, 0.2) is 18.6 Å². The van der Waals surface area contributed by atoms with Crippen LogP contribution in [-0.4, -0.2) is 14.4 Å². The van der Waals surface area contributed by atoms with Crippen LogP contribution in [0, 0.1) is 0 Å². The van der Waals surface area contributed by atoms with E-state index in [1.807, 2.05) is 10.6 Å². The van der Waals surface area contributed by atoms with Crippen molar-refractivity contribution in [3.8, 4) is 0 Å². The topological polar surface area (TPSA) is 56.2 Å². The van der Waals surface area contributed by atoms with Crippen LogP contribution in [-0.2, 0) is 0 Å². The molecule has 0 aliphatic rings. The Hall–Kier alpha value is -1.15. The van der Waals surface area contributed by atoms with Crippen LogP contribution in [0.4, 0.5) is 5.82 Å². The number of rotatable bonds is 0. The molecule has 2 aromatic rings. The number of nitrogens with two attached hydrogens (primary N) is 1. The molecule has 5 heteroatoms. The maximum Gasteiger partial charge on any atom is 0.180 e. The van der Waals surface area contributed by atoms with Crippen molar-refractivity contribution in [1.29, 1.82) is 0 Å². The lowest BCUT2D eigenvalue weighted by Gasteiger charge is -1.95. The average molecular weight is 166 g/mol. The lowest BCUT2D eigenvalue weighted by Crippen LogP contribution is -2.02. The van der Waals surface area contributed by atoms with Gasteiger partial charge in [0.25, 0.3) is 0 Å². The molecule has 4 nitrogen and oxygen atoms in total. The monoisotopic (exact) mass is 166 g/mol. The van der Waals surface area contributed by atoms with E-state index in [2.05, 4.69) is 19.2 Å². The van der Waals surface area contributed by atoms with Gasteiger partial charge in [0.15, 0.2) is 11.5 Å². The highest BCUT2D eigenvalue weighted by Crippen LogP contribution is 2.05. The largest absolute Gasteiger partial charge is 0.381 e. The van der Waals surface area contributed by atoms with Crippen molar-refractivity contribution in [1.82, 2.24) is 14.4 Å². The number of nitrogens with zero attached hydrogens (tertiary/aromatic N) is 3. The standard InChI is InChI=1S/C6H7N4P/c7-5-6-9-3-4(11)10(6)2-1-8-5/h1-3H,11H2,(H2,7,8). The second-order valence-electron chi connectivity index (χ2n) is 2.19. The molecule has 0 aliphatic carbocycles. The van der Waals surface area contributed by atoms with Crippen molar-refractivity contribution in [3.63, 3.8) is 0 Å². The van der Waals surface area contributed by atoms with Crippen molar-refractivity contribution in [2.75, 3.05) is 5.73 Å². The zero-order valence-corrected chi connectivity index (χ0v) is 6.88. The van der Waals surface area contributed by atoms with E-state index < -0.39 is 0 Å². The minimum Gasteiger partial charge on any atom is -0.381 e. The SMILES string of the molecule is Nc1nccn2c(P)cnc12. The molecule has 1 atom stereocenters. The Morgan fingerprint density at radius 1 is 1.45 bits per heavy atom. The predicted molar refractivity (Wildman–Crippen MR) is 46.7 cm³/mol. The second-order valence-corrected chi connectivity index (χ2v) is 2.78. The van der Waals surface area contributed by atoms with Gasteiger partial charge in [-0.25, -0.2) is 9.97 Å². The van der Waals surface area contributed by atoms with E-state index >= 15 is 0 Å². The van der Waals surface area contributed by atoms with Crippen LogP contribution in [0.3, 0.4) is 0 Å². The molecule has 0 aliphatic heterocycles. The average Bonchev–Trinajstić information content (AvgIpc) is 2.35. The molecule has 0 radical (unpaired) electrons. The van der Waals surface area contributed by atoms with Crippen LogP contribution in [0.5, 0.6) is 0 Å². The fourth-order valence-electron chi connectivity index (χ4n) is 0.958. The molecule has 0 saturated carbocycles. The third-order valence-electron chi connectivity index (χ3n) is 1.48. The van der Waals surface area contributed by atoms with E-state index in [9.17, 15) is 0 Å². The minimum absolute atomic E-state index is 0.459. The van der Waals surface area contributed by atoms with Crippen molar-refractivity contribution >= 4 is 26.1 Å². The fourth-order valence-corrected chi connectivity index (χ4v) is 1.24. The molecular weight excluding hydrogens is 159 g/mol. The Morgan fingerprint density at radius 3 is 3.00 bits per heavy atom. The number of hydrogen-bond donors (Lipinski definition) is 1. The van der Waals surface area contributed by atoms with Gasteiger partial charge in [-0.3, -0.25) is 4.40 Å². The van der Waals surface area contributed by atoms with Gasteiger partial charge in [-0.05, 0) is 0 Å². The lowest BCUT2D eigenvalue weighted by molar-refractivity contribution is 1.16. The first kappa shape index (κ1) is 6.55. The first-order valence-electron chi connectivity index (χ1n) is 3.12. The van der Waals surface area contributed by atoms with Crippen molar-refractivity contribution in [2.45, 2.75) is 0 Å². The van der Waals surface area contributed by atoms with E-state index in [-0.39, 0.29) is 0 Å². The summed E-state index contributed by atoms with van der Waals surface area (Å²) >= 11 is 0. The van der Waals surface area contributed by atoms with E-state index in [4.69, 9.17) is 5.73 Å². The van der Waals surface area contributed by atoms with Gasteiger partial charge in [0.05, 0.1) is 11.6 Å². The zero-order chi connectivity index (χ0) is 7.84.